The first kappa shape index (κ1) is 13.0. The van der Waals surface area contributed by atoms with E-state index in [2.05, 4.69) is 17.6 Å². The summed E-state index contributed by atoms with van der Waals surface area (Å²) in [4.78, 5) is 0. The quantitative estimate of drug-likeness (QED) is 0.645. The maximum absolute atomic E-state index is 3.55. The van der Waals surface area contributed by atoms with Gasteiger partial charge in [-0.1, -0.05) is 32.6 Å². The van der Waals surface area contributed by atoms with Gasteiger partial charge in [0.1, 0.15) is 0 Å². The van der Waals surface area contributed by atoms with Gasteiger partial charge in [0.15, 0.2) is 0 Å². The normalized spacial score (nSPS) is 28.2. The molecule has 90 valence electrons. The van der Waals surface area contributed by atoms with Crippen LogP contribution in [0.5, 0.6) is 0 Å². The van der Waals surface area contributed by atoms with Gasteiger partial charge in [0.05, 0.1) is 0 Å². The molecule has 0 radical (unpaired) electrons. The molecule has 0 spiro atoms. The van der Waals surface area contributed by atoms with Gasteiger partial charge in [-0.25, -0.2) is 0 Å². The van der Waals surface area contributed by atoms with Crippen LogP contribution in [0.25, 0.3) is 0 Å². The molecular weight excluding hydrogens is 184 g/mol. The van der Waals surface area contributed by atoms with Crippen molar-refractivity contribution in [1.82, 2.24) is 10.6 Å². The molecule has 1 atom stereocenters. The molecule has 0 saturated carbocycles. The first-order valence-corrected chi connectivity index (χ1v) is 6.81. The second-order valence-corrected chi connectivity index (χ2v) is 4.97. The Bertz CT molecular complexity index is 122. The van der Waals surface area contributed by atoms with Crippen molar-refractivity contribution in [2.75, 3.05) is 26.2 Å². The number of hydrogen-bond donors (Lipinski definition) is 2. The molecule has 0 aromatic heterocycles. The van der Waals surface area contributed by atoms with Crippen LogP contribution >= 0.6 is 0 Å². The van der Waals surface area contributed by atoms with Crippen molar-refractivity contribution in [3.8, 4) is 0 Å². The number of nitrogens with one attached hydrogen (secondary N) is 2. The zero-order valence-corrected chi connectivity index (χ0v) is 10.4. The van der Waals surface area contributed by atoms with E-state index in [0.29, 0.717) is 0 Å². The van der Waals surface area contributed by atoms with E-state index >= 15 is 0 Å². The van der Waals surface area contributed by atoms with Crippen molar-refractivity contribution in [3.05, 3.63) is 0 Å². The molecular formula is C13H28N2. The lowest BCUT2D eigenvalue weighted by Crippen LogP contribution is -2.26. The summed E-state index contributed by atoms with van der Waals surface area (Å²) in [7, 11) is 0. The monoisotopic (exact) mass is 212 g/mol. The first-order chi connectivity index (χ1) is 7.39. The smallest absolute Gasteiger partial charge is 0.00231 e. The topological polar surface area (TPSA) is 24.1 Å². The van der Waals surface area contributed by atoms with Crippen LogP contribution in [0, 0.1) is 5.92 Å². The van der Waals surface area contributed by atoms with Crippen molar-refractivity contribution in [3.63, 3.8) is 0 Å². The lowest BCUT2D eigenvalue weighted by atomic mass is 10.0. The molecule has 1 saturated heterocycles. The largest absolute Gasteiger partial charge is 0.317 e. The Morgan fingerprint density at radius 3 is 2.33 bits per heavy atom. The molecule has 0 bridgehead atoms. The third kappa shape index (κ3) is 7.80. The van der Waals surface area contributed by atoms with Gasteiger partial charge >= 0.3 is 0 Å². The lowest BCUT2D eigenvalue weighted by Gasteiger charge is -2.13. The van der Waals surface area contributed by atoms with Crippen molar-refractivity contribution in [2.24, 2.45) is 5.92 Å². The van der Waals surface area contributed by atoms with E-state index in [9.17, 15) is 0 Å². The van der Waals surface area contributed by atoms with Gasteiger partial charge in [-0.05, 0) is 51.4 Å². The molecule has 1 heterocycles. The Hall–Kier alpha value is -0.0800. The minimum absolute atomic E-state index is 0.862. The van der Waals surface area contributed by atoms with E-state index in [4.69, 9.17) is 0 Å². The molecule has 1 unspecified atom stereocenters. The summed E-state index contributed by atoms with van der Waals surface area (Å²) in [6, 6.07) is 0. The summed E-state index contributed by atoms with van der Waals surface area (Å²) in [6.07, 6.45) is 9.75. The van der Waals surface area contributed by atoms with Gasteiger partial charge in [-0.3, -0.25) is 0 Å². The zero-order valence-electron chi connectivity index (χ0n) is 10.4. The lowest BCUT2D eigenvalue weighted by molar-refractivity contribution is 0.440. The van der Waals surface area contributed by atoms with Gasteiger partial charge in [-0.15, -0.1) is 0 Å². The molecule has 0 aromatic carbocycles. The Labute approximate surface area is 95.2 Å². The summed E-state index contributed by atoms with van der Waals surface area (Å²) in [5, 5.41) is 7.06. The predicted octanol–water partition coefficient (Wildman–Crippen LogP) is 2.55. The Morgan fingerprint density at radius 2 is 1.40 bits per heavy atom. The highest BCUT2D eigenvalue weighted by Crippen LogP contribution is 2.10. The molecule has 15 heavy (non-hydrogen) atoms. The van der Waals surface area contributed by atoms with E-state index in [1.165, 1.54) is 71.1 Å². The van der Waals surface area contributed by atoms with Gasteiger partial charge in [-0.2, -0.15) is 0 Å². The van der Waals surface area contributed by atoms with E-state index < -0.39 is 0 Å². The molecule has 2 heteroatoms. The minimum Gasteiger partial charge on any atom is -0.317 e. The highest BCUT2D eigenvalue weighted by Gasteiger charge is 2.01. The Kier molecular flexibility index (Phi) is 7.94. The molecule has 1 aliphatic rings. The van der Waals surface area contributed by atoms with Crippen LogP contribution in [0.2, 0.25) is 0 Å². The van der Waals surface area contributed by atoms with Crippen LogP contribution in [0.3, 0.4) is 0 Å². The highest BCUT2D eigenvalue weighted by atomic mass is 14.9. The average molecular weight is 212 g/mol. The van der Waals surface area contributed by atoms with Crippen LogP contribution in [-0.4, -0.2) is 26.2 Å². The fourth-order valence-electron chi connectivity index (χ4n) is 2.19. The fraction of sp³-hybridized carbons (Fsp3) is 1.00. The molecule has 0 amide bonds. The van der Waals surface area contributed by atoms with Crippen molar-refractivity contribution >= 4 is 0 Å². The summed E-state index contributed by atoms with van der Waals surface area (Å²) >= 11 is 0. The molecule has 2 nitrogen and oxygen atoms in total. The van der Waals surface area contributed by atoms with Crippen LogP contribution in [-0.2, 0) is 0 Å². The van der Waals surface area contributed by atoms with Crippen molar-refractivity contribution in [1.29, 1.82) is 0 Å². The van der Waals surface area contributed by atoms with Crippen LogP contribution in [0.15, 0.2) is 0 Å². The standard InChI is InChI=1S/C13H28N2/c1-13-8-5-3-2-4-6-9-14-10-7-11-15-12-13/h13-15H,2-12H2,1H3. The summed E-state index contributed by atoms with van der Waals surface area (Å²) < 4.78 is 0. The van der Waals surface area contributed by atoms with E-state index in [-0.39, 0.29) is 0 Å². The fourth-order valence-corrected chi connectivity index (χ4v) is 2.19. The van der Waals surface area contributed by atoms with Crippen LogP contribution in [0.4, 0.5) is 0 Å². The molecule has 1 fully saturated rings. The van der Waals surface area contributed by atoms with Gasteiger partial charge in [0.2, 0.25) is 0 Å². The summed E-state index contributed by atoms with van der Waals surface area (Å²) in [5.74, 6) is 0.862. The maximum atomic E-state index is 3.55. The number of hydrogen-bond acceptors (Lipinski definition) is 2. The minimum atomic E-state index is 0.862. The van der Waals surface area contributed by atoms with Crippen molar-refractivity contribution in [2.45, 2.75) is 51.9 Å². The number of rotatable bonds is 0. The van der Waals surface area contributed by atoms with E-state index in [1.807, 2.05) is 0 Å². The van der Waals surface area contributed by atoms with Crippen LogP contribution < -0.4 is 10.6 Å². The third-order valence-electron chi connectivity index (χ3n) is 3.25. The third-order valence-corrected chi connectivity index (χ3v) is 3.25. The Balaban J connectivity index is 2.10. The maximum Gasteiger partial charge on any atom is -0.00231 e. The molecule has 0 aliphatic carbocycles. The molecule has 1 aliphatic heterocycles. The SMILES string of the molecule is CC1CCCCCCCNCCCNC1. The first-order valence-electron chi connectivity index (χ1n) is 6.81. The van der Waals surface area contributed by atoms with Gasteiger partial charge in [0, 0.05) is 0 Å². The Morgan fingerprint density at radius 1 is 0.733 bits per heavy atom. The molecule has 1 rings (SSSR count). The zero-order chi connectivity index (χ0) is 10.8. The van der Waals surface area contributed by atoms with Crippen LogP contribution in [0.1, 0.15) is 51.9 Å². The highest BCUT2D eigenvalue weighted by molar-refractivity contribution is 4.60. The van der Waals surface area contributed by atoms with Gasteiger partial charge < -0.3 is 10.6 Å². The molecule has 0 aromatic rings. The summed E-state index contributed by atoms with van der Waals surface area (Å²) in [6.45, 7) is 7.16. The van der Waals surface area contributed by atoms with E-state index in [1.54, 1.807) is 0 Å². The average Bonchev–Trinajstić information content (AvgIpc) is 2.24. The van der Waals surface area contributed by atoms with Crippen molar-refractivity contribution < 1.29 is 0 Å². The second kappa shape index (κ2) is 9.17. The predicted molar refractivity (Wildman–Crippen MR) is 67.2 cm³/mol. The molecule has 2 N–H and O–H groups in total. The van der Waals surface area contributed by atoms with E-state index in [0.717, 1.165) is 5.92 Å². The second-order valence-electron chi connectivity index (χ2n) is 4.97. The van der Waals surface area contributed by atoms with Gasteiger partial charge in [0.25, 0.3) is 0 Å². The summed E-state index contributed by atoms with van der Waals surface area (Å²) in [5.41, 5.74) is 0.